The quantitative estimate of drug-likeness (QED) is 0.740. The molecule has 1 atom stereocenters. The number of rotatable bonds is 3. The lowest BCUT2D eigenvalue weighted by atomic mass is 10.1. The van der Waals surface area contributed by atoms with Gasteiger partial charge in [0.1, 0.15) is 6.54 Å². The largest absolute Gasteiger partial charge is 0.387 e. The molecule has 1 amide bonds. The summed E-state index contributed by atoms with van der Waals surface area (Å²) < 4.78 is 3.10. The maximum absolute atomic E-state index is 12.9. The molecule has 1 unspecified atom stereocenters. The zero-order valence-corrected chi connectivity index (χ0v) is 16.0. The van der Waals surface area contributed by atoms with Gasteiger partial charge in [0.15, 0.2) is 0 Å². The van der Waals surface area contributed by atoms with Crippen LogP contribution in [0.3, 0.4) is 0 Å². The molecule has 0 aliphatic carbocycles. The number of carbonyl (C=O) groups excluding carboxylic acids is 1. The van der Waals surface area contributed by atoms with Crippen LogP contribution in [0.1, 0.15) is 36.5 Å². The first-order chi connectivity index (χ1) is 13.4. The Morgan fingerprint density at radius 1 is 1.21 bits per heavy atom. The van der Waals surface area contributed by atoms with Crippen LogP contribution in [0.5, 0.6) is 0 Å². The highest BCUT2D eigenvalue weighted by Gasteiger charge is 2.22. The van der Waals surface area contributed by atoms with Gasteiger partial charge in [-0.1, -0.05) is 18.2 Å². The van der Waals surface area contributed by atoms with Gasteiger partial charge in [-0.25, -0.2) is 4.68 Å². The standard InChI is InChI=1S/C20H23N5O3/c1-13-16-6-3-4-7-17(16)20(28)25(21-13)12-19(27)23-8-5-9-24-15(11-23)10-18(22-24)14(2)26/h3-4,6-7,10,14,26H,5,8-9,11-12H2,1-2H3. The number of aliphatic hydroxyl groups is 1. The summed E-state index contributed by atoms with van der Waals surface area (Å²) in [6.45, 7) is 5.10. The first-order valence-electron chi connectivity index (χ1n) is 9.43. The molecular weight excluding hydrogens is 358 g/mol. The summed E-state index contributed by atoms with van der Waals surface area (Å²) in [5.41, 5.74) is 1.95. The van der Waals surface area contributed by atoms with E-state index in [9.17, 15) is 14.7 Å². The molecule has 146 valence electrons. The monoisotopic (exact) mass is 381 g/mol. The summed E-state index contributed by atoms with van der Waals surface area (Å²) in [5, 5.41) is 19.9. The number of benzene rings is 1. The molecule has 1 aromatic carbocycles. The van der Waals surface area contributed by atoms with Crippen molar-refractivity contribution in [3.8, 4) is 0 Å². The Hall–Kier alpha value is -3.00. The Morgan fingerprint density at radius 2 is 1.96 bits per heavy atom. The van der Waals surface area contributed by atoms with Gasteiger partial charge in [-0.15, -0.1) is 0 Å². The lowest BCUT2D eigenvalue weighted by molar-refractivity contribution is -0.132. The fourth-order valence-electron chi connectivity index (χ4n) is 3.64. The molecule has 1 N–H and O–H groups in total. The van der Waals surface area contributed by atoms with Gasteiger partial charge in [0.05, 0.1) is 35.1 Å². The highest BCUT2D eigenvalue weighted by molar-refractivity contribution is 5.83. The van der Waals surface area contributed by atoms with Crippen molar-refractivity contribution < 1.29 is 9.90 Å². The van der Waals surface area contributed by atoms with E-state index in [4.69, 9.17) is 0 Å². The molecule has 8 heteroatoms. The summed E-state index contributed by atoms with van der Waals surface area (Å²) in [7, 11) is 0. The predicted octanol–water partition coefficient (Wildman–Crippen LogP) is 1.39. The fraction of sp³-hybridized carbons (Fsp3) is 0.400. The van der Waals surface area contributed by atoms with Crippen LogP contribution < -0.4 is 5.56 Å². The highest BCUT2D eigenvalue weighted by atomic mass is 16.3. The molecule has 0 saturated carbocycles. The molecule has 2 aromatic heterocycles. The van der Waals surface area contributed by atoms with Gasteiger partial charge in [0.25, 0.3) is 5.56 Å². The summed E-state index contributed by atoms with van der Waals surface area (Å²) >= 11 is 0. The Morgan fingerprint density at radius 3 is 2.71 bits per heavy atom. The number of nitrogens with zero attached hydrogens (tertiary/aromatic N) is 5. The van der Waals surface area contributed by atoms with E-state index in [1.807, 2.05) is 35.9 Å². The molecule has 4 rings (SSSR count). The first-order valence-corrected chi connectivity index (χ1v) is 9.43. The molecule has 28 heavy (non-hydrogen) atoms. The van der Waals surface area contributed by atoms with Crippen LogP contribution in [0.2, 0.25) is 0 Å². The van der Waals surface area contributed by atoms with Gasteiger partial charge < -0.3 is 10.0 Å². The van der Waals surface area contributed by atoms with Crippen molar-refractivity contribution in [1.82, 2.24) is 24.5 Å². The Bertz CT molecular complexity index is 1100. The minimum Gasteiger partial charge on any atom is -0.387 e. The summed E-state index contributed by atoms with van der Waals surface area (Å²) in [4.78, 5) is 27.4. The maximum atomic E-state index is 12.9. The van der Waals surface area contributed by atoms with Gasteiger partial charge >= 0.3 is 0 Å². The second-order valence-electron chi connectivity index (χ2n) is 7.22. The average Bonchev–Trinajstić information content (AvgIpc) is 2.98. The van der Waals surface area contributed by atoms with Crippen molar-refractivity contribution >= 4 is 16.7 Å². The third kappa shape index (κ3) is 3.31. The maximum Gasteiger partial charge on any atom is 0.275 e. The van der Waals surface area contributed by atoms with Crippen molar-refractivity contribution in [2.24, 2.45) is 0 Å². The summed E-state index contributed by atoms with van der Waals surface area (Å²) in [5.74, 6) is -0.155. The van der Waals surface area contributed by atoms with E-state index in [-0.39, 0.29) is 18.0 Å². The van der Waals surface area contributed by atoms with Crippen LogP contribution in [-0.2, 0) is 24.4 Å². The average molecular weight is 381 g/mol. The zero-order chi connectivity index (χ0) is 19.8. The van der Waals surface area contributed by atoms with Crippen molar-refractivity contribution in [2.45, 2.75) is 46.0 Å². The number of hydrogen-bond donors (Lipinski definition) is 1. The van der Waals surface area contributed by atoms with Crippen molar-refractivity contribution in [2.75, 3.05) is 6.54 Å². The van der Waals surface area contributed by atoms with Gasteiger partial charge in [-0.3, -0.25) is 14.3 Å². The molecule has 3 heterocycles. The third-order valence-electron chi connectivity index (χ3n) is 5.15. The molecule has 0 radical (unpaired) electrons. The lowest BCUT2D eigenvalue weighted by Crippen LogP contribution is -2.37. The predicted molar refractivity (Wildman–Crippen MR) is 104 cm³/mol. The number of amides is 1. The van der Waals surface area contributed by atoms with E-state index < -0.39 is 6.10 Å². The van der Waals surface area contributed by atoms with Gasteiger partial charge in [0, 0.05) is 18.5 Å². The Kier molecular flexibility index (Phi) is 4.72. The second-order valence-corrected chi connectivity index (χ2v) is 7.22. The molecule has 0 bridgehead atoms. The topological polar surface area (TPSA) is 93.2 Å². The molecular formula is C20H23N5O3. The number of aryl methyl sites for hydroxylation is 2. The minimum atomic E-state index is -0.646. The number of aliphatic hydroxyl groups excluding tert-OH is 1. The van der Waals surface area contributed by atoms with Crippen LogP contribution in [0.4, 0.5) is 0 Å². The van der Waals surface area contributed by atoms with Crippen LogP contribution in [0.25, 0.3) is 10.8 Å². The Balaban J connectivity index is 1.59. The summed E-state index contributed by atoms with van der Waals surface area (Å²) in [6.07, 6.45) is 0.116. The highest BCUT2D eigenvalue weighted by Crippen LogP contribution is 2.18. The SMILES string of the molecule is Cc1nn(CC(=O)N2CCCn3nc(C(C)O)cc3C2)c(=O)c2ccccc12. The Labute approximate surface area is 162 Å². The van der Waals surface area contributed by atoms with Crippen molar-refractivity contribution in [3.63, 3.8) is 0 Å². The number of carbonyl (C=O) groups is 1. The van der Waals surface area contributed by atoms with E-state index in [0.717, 1.165) is 23.2 Å². The van der Waals surface area contributed by atoms with E-state index in [0.29, 0.717) is 30.7 Å². The number of hydrogen-bond acceptors (Lipinski definition) is 5. The third-order valence-corrected chi connectivity index (χ3v) is 5.15. The number of aromatic nitrogens is 4. The zero-order valence-electron chi connectivity index (χ0n) is 16.0. The smallest absolute Gasteiger partial charge is 0.275 e. The van der Waals surface area contributed by atoms with E-state index >= 15 is 0 Å². The molecule has 0 fully saturated rings. The molecule has 0 saturated heterocycles. The van der Waals surface area contributed by atoms with E-state index in [1.54, 1.807) is 17.9 Å². The van der Waals surface area contributed by atoms with Gasteiger partial charge in [-0.2, -0.15) is 10.2 Å². The summed E-state index contributed by atoms with van der Waals surface area (Å²) in [6, 6.07) is 9.13. The van der Waals surface area contributed by atoms with E-state index in [1.165, 1.54) is 4.68 Å². The lowest BCUT2D eigenvalue weighted by Gasteiger charge is -2.20. The van der Waals surface area contributed by atoms with Gasteiger partial charge in [-0.05, 0) is 32.4 Å². The molecule has 8 nitrogen and oxygen atoms in total. The molecule has 3 aromatic rings. The van der Waals surface area contributed by atoms with Crippen molar-refractivity contribution in [1.29, 1.82) is 0 Å². The van der Waals surface area contributed by atoms with Crippen LogP contribution in [-0.4, -0.2) is 42.0 Å². The van der Waals surface area contributed by atoms with Crippen LogP contribution >= 0.6 is 0 Å². The van der Waals surface area contributed by atoms with Crippen LogP contribution in [0.15, 0.2) is 35.1 Å². The fourth-order valence-corrected chi connectivity index (χ4v) is 3.64. The normalized spacial score (nSPS) is 15.3. The minimum absolute atomic E-state index is 0.0953. The van der Waals surface area contributed by atoms with E-state index in [2.05, 4.69) is 10.2 Å². The molecule has 1 aliphatic rings. The molecule has 1 aliphatic heterocycles. The first kappa shape index (κ1) is 18.4. The number of fused-ring (bicyclic) bond motifs is 2. The van der Waals surface area contributed by atoms with Crippen LogP contribution in [0, 0.1) is 6.92 Å². The molecule has 0 spiro atoms. The van der Waals surface area contributed by atoms with Gasteiger partial charge in [0.2, 0.25) is 5.91 Å². The van der Waals surface area contributed by atoms with Crippen molar-refractivity contribution in [3.05, 3.63) is 57.8 Å². The second kappa shape index (κ2) is 7.20.